The molecule has 0 saturated heterocycles. The number of fused-ring (bicyclic) bond motifs is 1. The van der Waals surface area contributed by atoms with Gasteiger partial charge in [-0.15, -0.1) is 0 Å². The highest BCUT2D eigenvalue weighted by Crippen LogP contribution is 2.39. The van der Waals surface area contributed by atoms with E-state index in [4.69, 9.17) is 25.5 Å². The summed E-state index contributed by atoms with van der Waals surface area (Å²) in [6.07, 6.45) is 0. The third-order valence-electron chi connectivity index (χ3n) is 3.31. The van der Waals surface area contributed by atoms with Crippen molar-refractivity contribution in [2.45, 2.75) is 13.0 Å². The fraction of sp³-hybridized carbons (Fsp3) is 0.333. The van der Waals surface area contributed by atoms with Crippen molar-refractivity contribution in [3.8, 4) is 11.5 Å². The van der Waals surface area contributed by atoms with E-state index in [1.54, 1.807) is 6.07 Å². The molecule has 2 heterocycles. The van der Waals surface area contributed by atoms with E-state index in [-0.39, 0.29) is 6.04 Å². The molecule has 1 atom stereocenters. The average molecular weight is 294 g/mol. The molecule has 0 spiro atoms. The first-order valence-corrected chi connectivity index (χ1v) is 6.89. The number of halogens is 1. The molecule has 2 aromatic rings. The summed E-state index contributed by atoms with van der Waals surface area (Å²) in [6, 6.07) is 7.48. The molecule has 1 N–H and O–H groups in total. The predicted molar refractivity (Wildman–Crippen MR) is 76.8 cm³/mol. The van der Waals surface area contributed by atoms with Gasteiger partial charge in [0, 0.05) is 11.1 Å². The van der Waals surface area contributed by atoms with Crippen LogP contribution >= 0.6 is 11.6 Å². The lowest BCUT2D eigenvalue weighted by molar-refractivity contribution is 0.171. The van der Waals surface area contributed by atoms with Crippen LogP contribution in [0.5, 0.6) is 11.5 Å². The van der Waals surface area contributed by atoms with Crippen molar-refractivity contribution in [3.05, 3.63) is 46.4 Å². The summed E-state index contributed by atoms with van der Waals surface area (Å²) in [6.45, 7) is 3.02. The second kappa shape index (κ2) is 5.38. The quantitative estimate of drug-likeness (QED) is 0.943. The molecule has 0 aliphatic carbocycles. The average Bonchev–Trinajstić information content (AvgIpc) is 2.86. The molecule has 0 fully saturated rings. The molecule has 0 bridgehead atoms. The number of hydrogen-bond donors (Lipinski definition) is 1. The van der Waals surface area contributed by atoms with Gasteiger partial charge in [0.1, 0.15) is 24.7 Å². The zero-order chi connectivity index (χ0) is 14.1. The van der Waals surface area contributed by atoms with Gasteiger partial charge in [0.2, 0.25) is 0 Å². The Kier molecular flexibility index (Phi) is 3.59. The molecule has 1 unspecified atom stereocenters. The van der Waals surface area contributed by atoms with E-state index in [2.05, 4.69) is 5.32 Å². The van der Waals surface area contributed by atoms with Gasteiger partial charge in [-0.3, -0.25) is 0 Å². The lowest BCUT2D eigenvalue weighted by atomic mass is 10.0. The third kappa shape index (κ3) is 2.37. The standard InChI is InChI=1S/C15H16ClNO3/c1-9-3-4-12(20-9)15(17-2)10-7-13-14(8-11(10)16)19-6-5-18-13/h3-4,7-8,15,17H,5-6H2,1-2H3. The predicted octanol–water partition coefficient (Wildman–Crippen LogP) is 3.32. The molecular weight excluding hydrogens is 278 g/mol. The maximum Gasteiger partial charge on any atom is 0.162 e. The number of rotatable bonds is 3. The van der Waals surface area contributed by atoms with Crippen LogP contribution in [0.2, 0.25) is 5.02 Å². The monoisotopic (exact) mass is 293 g/mol. The Hall–Kier alpha value is -1.65. The summed E-state index contributed by atoms with van der Waals surface area (Å²) in [5.41, 5.74) is 0.910. The van der Waals surface area contributed by atoms with E-state index in [0.717, 1.165) is 22.8 Å². The normalized spacial score (nSPS) is 15.2. The lowest BCUT2D eigenvalue weighted by Gasteiger charge is -2.22. The van der Waals surface area contributed by atoms with Crippen LogP contribution < -0.4 is 14.8 Å². The molecular formula is C15H16ClNO3. The second-order valence-electron chi connectivity index (χ2n) is 4.69. The number of aryl methyl sites for hydroxylation is 1. The molecule has 0 radical (unpaired) electrons. The Morgan fingerprint density at radius 2 is 1.85 bits per heavy atom. The number of nitrogens with one attached hydrogen (secondary N) is 1. The minimum atomic E-state index is -0.118. The van der Waals surface area contributed by atoms with E-state index >= 15 is 0 Å². The number of furan rings is 1. The molecule has 4 nitrogen and oxygen atoms in total. The smallest absolute Gasteiger partial charge is 0.162 e. The SMILES string of the molecule is CNC(c1ccc(C)o1)c1cc2c(cc1Cl)OCCO2. The van der Waals surface area contributed by atoms with Gasteiger partial charge in [-0.25, -0.2) is 0 Å². The van der Waals surface area contributed by atoms with E-state index in [0.29, 0.717) is 24.0 Å². The molecule has 1 aliphatic heterocycles. The fourth-order valence-electron chi connectivity index (χ4n) is 2.36. The molecule has 1 aromatic carbocycles. The first-order chi connectivity index (χ1) is 9.69. The first kappa shape index (κ1) is 13.3. The highest BCUT2D eigenvalue weighted by Gasteiger charge is 2.22. The van der Waals surface area contributed by atoms with Gasteiger partial charge in [-0.1, -0.05) is 11.6 Å². The molecule has 5 heteroatoms. The molecule has 1 aliphatic rings. The summed E-state index contributed by atoms with van der Waals surface area (Å²) < 4.78 is 16.8. The molecule has 3 rings (SSSR count). The molecule has 0 amide bonds. The summed E-state index contributed by atoms with van der Waals surface area (Å²) in [5.74, 6) is 3.10. The number of ether oxygens (including phenoxy) is 2. The van der Waals surface area contributed by atoms with Crippen molar-refractivity contribution in [1.29, 1.82) is 0 Å². The van der Waals surface area contributed by atoms with Crippen LogP contribution in [0.1, 0.15) is 23.1 Å². The third-order valence-corrected chi connectivity index (χ3v) is 3.63. The van der Waals surface area contributed by atoms with Crippen LogP contribution in [0.4, 0.5) is 0 Å². The largest absolute Gasteiger partial charge is 0.486 e. The minimum absolute atomic E-state index is 0.118. The Morgan fingerprint density at radius 1 is 1.15 bits per heavy atom. The Bertz CT molecular complexity index is 624. The van der Waals surface area contributed by atoms with Crippen LogP contribution in [0, 0.1) is 6.92 Å². The number of hydrogen-bond acceptors (Lipinski definition) is 4. The van der Waals surface area contributed by atoms with Gasteiger partial charge in [0.05, 0.1) is 6.04 Å². The summed E-state index contributed by atoms with van der Waals surface area (Å²) in [7, 11) is 1.87. The van der Waals surface area contributed by atoms with Crippen molar-refractivity contribution in [1.82, 2.24) is 5.32 Å². The maximum absolute atomic E-state index is 6.37. The summed E-state index contributed by atoms with van der Waals surface area (Å²) in [5, 5.41) is 3.85. The minimum Gasteiger partial charge on any atom is -0.486 e. The van der Waals surface area contributed by atoms with Crippen LogP contribution in [-0.4, -0.2) is 20.3 Å². The van der Waals surface area contributed by atoms with Crippen LogP contribution in [-0.2, 0) is 0 Å². The zero-order valence-electron chi connectivity index (χ0n) is 11.4. The summed E-state index contributed by atoms with van der Waals surface area (Å²) in [4.78, 5) is 0. The molecule has 0 saturated carbocycles. The molecule has 20 heavy (non-hydrogen) atoms. The maximum atomic E-state index is 6.37. The van der Waals surface area contributed by atoms with Gasteiger partial charge in [-0.2, -0.15) is 0 Å². The Balaban J connectivity index is 2.03. The van der Waals surface area contributed by atoms with Gasteiger partial charge >= 0.3 is 0 Å². The Morgan fingerprint density at radius 3 is 2.45 bits per heavy atom. The van der Waals surface area contributed by atoms with Crippen LogP contribution in [0.15, 0.2) is 28.7 Å². The highest BCUT2D eigenvalue weighted by molar-refractivity contribution is 6.31. The van der Waals surface area contributed by atoms with Crippen LogP contribution in [0.3, 0.4) is 0 Å². The van der Waals surface area contributed by atoms with Crippen molar-refractivity contribution in [2.24, 2.45) is 0 Å². The van der Waals surface area contributed by atoms with Gasteiger partial charge in [0.15, 0.2) is 11.5 Å². The molecule has 1 aromatic heterocycles. The highest BCUT2D eigenvalue weighted by atomic mass is 35.5. The Labute approximate surface area is 122 Å². The zero-order valence-corrected chi connectivity index (χ0v) is 12.2. The van der Waals surface area contributed by atoms with Crippen molar-refractivity contribution < 1.29 is 13.9 Å². The van der Waals surface area contributed by atoms with E-state index in [1.165, 1.54) is 0 Å². The topological polar surface area (TPSA) is 43.6 Å². The van der Waals surface area contributed by atoms with Crippen molar-refractivity contribution in [3.63, 3.8) is 0 Å². The van der Waals surface area contributed by atoms with Crippen LogP contribution in [0.25, 0.3) is 0 Å². The van der Waals surface area contributed by atoms with Gasteiger partial charge in [0.25, 0.3) is 0 Å². The van der Waals surface area contributed by atoms with Gasteiger partial charge in [-0.05, 0) is 37.7 Å². The van der Waals surface area contributed by atoms with E-state index in [9.17, 15) is 0 Å². The molecule has 106 valence electrons. The van der Waals surface area contributed by atoms with Gasteiger partial charge < -0.3 is 19.2 Å². The van der Waals surface area contributed by atoms with Crippen molar-refractivity contribution >= 4 is 11.6 Å². The lowest BCUT2D eigenvalue weighted by Crippen LogP contribution is -2.19. The van der Waals surface area contributed by atoms with E-state index in [1.807, 2.05) is 32.2 Å². The van der Waals surface area contributed by atoms with E-state index < -0.39 is 0 Å². The fourth-order valence-corrected chi connectivity index (χ4v) is 2.62. The summed E-state index contributed by atoms with van der Waals surface area (Å²) >= 11 is 6.37. The second-order valence-corrected chi connectivity index (χ2v) is 5.09. The first-order valence-electron chi connectivity index (χ1n) is 6.51. The van der Waals surface area contributed by atoms with Crippen molar-refractivity contribution in [2.75, 3.05) is 20.3 Å². The number of benzene rings is 1.